The van der Waals surface area contributed by atoms with Gasteiger partial charge in [0.1, 0.15) is 0 Å². The highest BCUT2D eigenvalue weighted by molar-refractivity contribution is 8.20. The van der Waals surface area contributed by atoms with Crippen molar-refractivity contribution in [3.8, 4) is 0 Å². The molecular weight excluding hydrogens is 168 g/mol. The Hall–Kier alpha value is 0.620. The van der Waals surface area contributed by atoms with E-state index < -0.39 is 6.29 Å². The Bertz CT molecular complexity index is 93.7. The van der Waals surface area contributed by atoms with Crippen molar-refractivity contribution in [3.05, 3.63) is 0 Å². The van der Waals surface area contributed by atoms with Crippen LogP contribution >= 0.6 is 23.5 Å². The molecule has 1 unspecified atom stereocenters. The second kappa shape index (κ2) is 4.49. The molecule has 10 heavy (non-hydrogen) atoms. The molecule has 1 aliphatic heterocycles. The molecule has 1 aliphatic rings. The topological polar surface area (TPSA) is 29.5 Å². The van der Waals surface area contributed by atoms with Crippen molar-refractivity contribution in [1.29, 1.82) is 0 Å². The largest absolute Gasteiger partial charge is 0.368 e. The van der Waals surface area contributed by atoms with E-state index in [2.05, 4.69) is 0 Å². The van der Waals surface area contributed by atoms with E-state index in [0.717, 1.165) is 6.42 Å². The SMILES string of the molecule is COC(O)CC1SCCS1. The summed E-state index contributed by atoms with van der Waals surface area (Å²) in [4.78, 5) is 0. The normalized spacial score (nSPS) is 23.4. The highest BCUT2D eigenvalue weighted by Crippen LogP contribution is 2.34. The van der Waals surface area contributed by atoms with Crippen molar-refractivity contribution in [3.63, 3.8) is 0 Å². The van der Waals surface area contributed by atoms with Crippen LogP contribution in [0, 0.1) is 0 Å². The van der Waals surface area contributed by atoms with Crippen LogP contribution in [0.5, 0.6) is 0 Å². The zero-order valence-electron chi connectivity index (χ0n) is 5.95. The van der Waals surface area contributed by atoms with Gasteiger partial charge in [-0.2, -0.15) is 0 Å². The molecule has 0 aromatic carbocycles. The third-order valence-electron chi connectivity index (χ3n) is 1.36. The number of aliphatic hydroxyl groups is 1. The Balaban J connectivity index is 2.11. The van der Waals surface area contributed by atoms with Crippen molar-refractivity contribution < 1.29 is 9.84 Å². The van der Waals surface area contributed by atoms with E-state index in [9.17, 15) is 0 Å². The lowest BCUT2D eigenvalue weighted by Crippen LogP contribution is -2.13. The molecule has 1 N–H and O–H groups in total. The van der Waals surface area contributed by atoms with Crippen LogP contribution in [0.4, 0.5) is 0 Å². The van der Waals surface area contributed by atoms with Crippen molar-refractivity contribution >= 4 is 23.5 Å². The molecule has 0 bridgehead atoms. The monoisotopic (exact) mass is 180 g/mol. The van der Waals surface area contributed by atoms with Gasteiger partial charge in [-0.15, -0.1) is 23.5 Å². The minimum atomic E-state index is -0.567. The third kappa shape index (κ3) is 2.70. The maximum Gasteiger partial charge on any atom is 0.156 e. The highest BCUT2D eigenvalue weighted by Gasteiger charge is 2.19. The maximum atomic E-state index is 9.07. The van der Waals surface area contributed by atoms with Gasteiger partial charge >= 0.3 is 0 Å². The molecule has 2 nitrogen and oxygen atoms in total. The minimum absolute atomic E-state index is 0.551. The first kappa shape index (κ1) is 8.71. The fraction of sp³-hybridized carbons (Fsp3) is 1.00. The number of hydrogen-bond acceptors (Lipinski definition) is 4. The molecular formula is C6H12O2S2. The van der Waals surface area contributed by atoms with E-state index >= 15 is 0 Å². The molecule has 1 rings (SSSR count). The third-order valence-corrected chi connectivity index (χ3v) is 4.44. The number of methoxy groups -OCH3 is 1. The summed E-state index contributed by atoms with van der Waals surface area (Å²) < 4.78 is 5.29. The van der Waals surface area contributed by atoms with E-state index in [1.165, 1.54) is 18.6 Å². The summed E-state index contributed by atoms with van der Waals surface area (Å²) in [5.74, 6) is 2.43. The molecule has 0 radical (unpaired) electrons. The molecule has 0 saturated carbocycles. The Morgan fingerprint density at radius 2 is 2.20 bits per heavy atom. The number of thioether (sulfide) groups is 2. The summed E-state index contributed by atoms with van der Waals surface area (Å²) in [6.07, 6.45) is 0.189. The quantitative estimate of drug-likeness (QED) is 0.660. The highest BCUT2D eigenvalue weighted by atomic mass is 32.2. The molecule has 4 heteroatoms. The van der Waals surface area contributed by atoms with Gasteiger partial charge < -0.3 is 9.84 Å². The lowest BCUT2D eigenvalue weighted by Gasteiger charge is -2.11. The van der Waals surface area contributed by atoms with Crippen LogP contribution in [0.15, 0.2) is 0 Å². The van der Waals surface area contributed by atoms with Gasteiger partial charge in [-0.25, -0.2) is 0 Å². The van der Waals surface area contributed by atoms with Crippen LogP contribution in [0.3, 0.4) is 0 Å². The van der Waals surface area contributed by atoms with Crippen LogP contribution in [0.1, 0.15) is 6.42 Å². The zero-order valence-corrected chi connectivity index (χ0v) is 7.58. The summed E-state index contributed by atoms with van der Waals surface area (Å²) in [6.45, 7) is 0. The lowest BCUT2D eigenvalue weighted by molar-refractivity contribution is -0.0751. The summed E-state index contributed by atoms with van der Waals surface area (Å²) >= 11 is 3.82. The second-order valence-electron chi connectivity index (χ2n) is 2.10. The molecule has 1 atom stereocenters. The molecule has 1 fully saturated rings. The van der Waals surface area contributed by atoms with Crippen LogP contribution in [0.2, 0.25) is 0 Å². The van der Waals surface area contributed by atoms with E-state index in [0.29, 0.717) is 4.58 Å². The smallest absolute Gasteiger partial charge is 0.156 e. The molecule has 1 saturated heterocycles. The predicted molar refractivity (Wildman–Crippen MR) is 46.3 cm³/mol. The first-order valence-corrected chi connectivity index (χ1v) is 5.36. The van der Waals surface area contributed by atoms with E-state index in [1.807, 2.05) is 23.5 Å². The fourth-order valence-corrected chi connectivity index (χ4v) is 3.66. The molecule has 0 aromatic heterocycles. The molecule has 60 valence electrons. The van der Waals surface area contributed by atoms with Gasteiger partial charge in [0.05, 0.1) is 4.58 Å². The van der Waals surface area contributed by atoms with E-state index in [1.54, 1.807) is 0 Å². The maximum absolute atomic E-state index is 9.07. The lowest BCUT2D eigenvalue weighted by atomic mass is 10.5. The molecule has 0 aliphatic carbocycles. The van der Waals surface area contributed by atoms with Crippen LogP contribution in [0.25, 0.3) is 0 Å². The first-order chi connectivity index (χ1) is 4.83. The second-order valence-corrected chi connectivity index (χ2v) is 5.02. The minimum Gasteiger partial charge on any atom is -0.368 e. The summed E-state index contributed by atoms with van der Waals surface area (Å²) in [5.41, 5.74) is 0. The van der Waals surface area contributed by atoms with Gasteiger partial charge in [0.25, 0.3) is 0 Å². The average Bonchev–Trinajstić information content (AvgIpc) is 2.40. The van der Waals surface area contributed by atoms with E-state index in [-0.39, 0.29) is 0 Å². The van der Waals surface area contributed by atoms with Crippen molar-refractivity contribution in [2.24, 2.45) is 0 Å². The van der Waals surface area contributed by atoms with Gasteiger partial charge in [-0.3, -0.25) is 0 Å². The van der Waals surface area contributed by atoms with Crippen LogP contribution in [-0.4, -0.2) is 34.6 Å². The number of hydrogen-bond donors (Lipinski definition) is 1. The standard InChI is InChI=1S/C6H12O2S2/c1-8-5(7)4-6-9-2-3-10-6/h5-7H,2-4H2,1H3. The molecule has 0 amide bonds. The Kier molecular flexibility index (Phi) is 3.91. The number of aliphatic hydroxyl groups excluding tert-OH is 1. The van der Waals surface area contributed by atoms with E-state index in [4.69, 9.17) is 9.84 Å². The van der Waals surface area contributed by atoms with Gasteiger partial charge in [0.15, 0.2) is 6.29 Å². The van der Waals surface area contributed by atoms with Gasteiger partial charge in [-0.1, -0.05) is 0 Å². The van der Waals surface area contributed by atoms with Gasteiger partial charge in [0.2, 0.25) is 0 Å². The van der Waals surface area contributed by atoms with Crippen molar-refractivity contribution in [2.45, 2.75) is 17.3 Å². The van der Waals surface area contributed by atoms with Gasteiger partial charge in [0, 0.05) is 25.0 Å². The van der Waals surface area contributed by atoms with Gasteiger partial charge in [-0.05, 0) is 0 Å². The number of rotatable bonds is 3. The van der Waals surface area contributed by atoms with Crippen molar-refractivity contribution in [1.82, 2.24) is 0 Å². The molecule has 0 spiro atoms. The summed E-state index contributed by atoms with van der Waals surface area (Å²) in [7, 11) is 1.54. The van der Waals surface area contributed by atoms with Crippen LogP contribution < -0.4 is 0 Å². The van der Waals surface area contributed by atoms with Crippen molar-refractivity contribution in [2.75, 3.05) is 18.6 Å². The fourth-order valence-electron chi connectivity index (χ4n) is 0.804. The Labute approximate surface area is 69.7 Å². The van der Waals surface area contributed by atoms with Crippen LogP contribution in [-0.2, 0) is 4.74 Å². The Morgan fingerprint density at radius 3 is 2.70 bits per heavy atom. The first-order valence-electron chi connectivity index (χ1n) is 3.27. The summed E-state index contributed by atoms with van der Waals surface area (Å²) in [5, 5.41) is 9.07. The zero-order chi connectivity index (χ0) is 7.40. The average molecular weight is 180 g/mol. The number of ether oxygens (including phenoxy) is 1. The molecule has 1 heterocycles. The summed E-state index contributed by atoms with van der Waals surface area (Å²) in [6, 6.07) is 0. The Morgan fingerprint density at radius 1 is 1.60 bits per heavy atom. The molecule has 0 aromatic rings. The predicted octanol–water partition coefficient (Wildman–Crippen LogP) is 1.15.